The van der Waals surface area contributed by atoms with Crippen molar-refractivity contribution in [3.8, 4) is 5.75 Å². The number of hydrogen-bond acceptors (Lipinski definition) is 5. The van der Waals surface area contributed by atoms with Crippen LogP contribution in [0, 0.1) is 0 Å². The van der Waals surface area contributed by atoms with Gasteiger partial charge in [0.1, 0.15) is 18.2 Å². The second-order valence-electron chi connectivity index (χ2n) is 5.80. The fourth-order valence-corrected chi connectivity index (χ4v) is 2.96. The van der Waals surface area contributed by atoms with Crippen molar-refractivity contribution >= 4 is 17.5 Å². The van der Waals surface area contributed by atoms with E-state index in [4.69, 9.17) is 16.3 Å². The largest absolute Gasteiger partial charge is 0.489 e. The van der Waals surface area contributed by atoms with E-state index in [1.807, 2.05) is 29.2 Å². The lowest BCUT2D eigenvalue weighted by molar-refractivity contribution is -0.133. The highest BCUT2D eigenvalue weighted by Crippen LogP contribution is 2.26. The molecule has 0 radical (unpaired) electrons. The van der Waals surface area contributed by atoms with Gasteiger partial charge in [-0.2, -0.15) is 0 Å². The summed E-state index contributed by atoms with van der Waals surface area (Å²) in [6.07, 6.45) is 4.56. The monoisotopic (exact) mass is 349 g/mol. The van der Waals surface area contributed by atoms with E-state index in [0.717, 1.165) is 32.4 Å². The van der Waals surface area contributed by atoms with E-state index in [1.165, 1.54) is 0 Å². The minimum atomic E-state index is 0.107. The van der Waals surface area contributed by atoms with Gasteiger partial charge in [-0.1, -0.05) is 23.7 Å². The van der Waals surface area contributed by atoms with Crippen LogP contribution in [-0.2, 0) is 11.3 Å². The average molecular weight is 350 g/mol. The van der Waals surface area contributed by atoms with E-state index in [1.54, 1.807) is 11.0 Å². The Morgan fingerprint density at radius 2 is 2.08 bits per heavy atom. The average Bonchev–Trinajstić information content (AvgIpc) is 3.11. The molecule has 0 saturated carbocycles. The summed E-state index contributed by atoms with van der Waals surface area (Å²) in [4.78, 5) is 14.2. The molecule has 24 heavy (non-hydrogen) atoms. The predicted octanol–water partition coefficient (Wildman–Crippen LogP) is 2.18. The molecule has 1 saturated heterocycles. The van der Waals surface area contributed by atoms with Crippen LogP contribution in [-0.4, -0.2) is 50.2 Å². The van der Waals surface area contributed by atoms with Gasteiger partial charge in [-0.05, 0) is 29.0 Å². The van der Waals surface area contributed by atoms with E-state index in [2.05, 4.69) is 15.5 Å². The lowest BCUT2D eigenvalue weighted by Gasteiger charge is -2.32. The maximum Gasteiger partial charge on any atom is 0.222 e. The third-order valence-electron chi connectivity index (χ3n) is 4.09. The Hall–Kier alpha value is -2.15. The molecule has 0 spiro atoms. The number of halogens is 1. The third kappa shape index (κ3) is 4.44. The van der Waals surface area contributed by atoms with Crippen molar-refractivity contribution in [2.24, 2.45) is 0 Å². The van der Waals surface area contributed by atoms with Crippen LogP contribution in [0.15, 0.2) is 30.6 Å². The molecule has 1 aliphatic heterocycles. The Bertz CT molecular complexity index is 656. The molecule has 8 heteroatoms. The van der Waals surface area contributed by atoms with E-state index < -0.39 is 0 Å². The van der Waals surface area contributed by atoms with Crippen molar-refractivity contribution < 1.29 is 9.53 Å². The Morgan fingerprint density at radius 3 is 2.79 bits per heavy atom. The van der Waals surface area contributed by atoms with Gasteiger partial charge in [0.15, 0.2) is 0 Å². The van der Waals surface area contributed by atoms with Crippen LogP contribution in [0.5, 0.6) is 5.75 Å². The molecule has 128 valence electrons. The number of likely N-dealkylation sites (tertiary alicyclic amines) is 1. The van der Waals surface area contributed by atoms with Crippen molar-refractivity contribution in [3.63, 3.8) is 0 Å². The number of para-hydroxylation sites is 1. The molecule has 0 aliphatic carbocycles. The van der Waals surface area contributed by atoms with Gasteiger partial charge in [0.2, 0.25) is 5.91 Å². The number of aromatic nitrogens is 4. The van der Waals surface area contributed by atoms with E-state index in [0.29, 0.717) is 23.7 Å². The van der Waals surface area contributed by atoms with Crippen molar-refractivity contribution in [2.45, 2.75) is 38.3 Å². The van der Waals surface area contributed by atoms with Crippen LogP contribution < -0.4 is 4.74 Å². The first-order valence-electron chi connectivity index (χ1n) is 8.12. The van der Waals surface area contributed by atoms with Gasteiger partial charge in [-0.25, -0.2) is 4.68 Å². The lowest BCUT2D eigenvalue weighted by Crippen LogP contribution is -2.41. The zero-order valence-electron chi connectivity index (χ0n) is 13.3. The minimum Gasteiger partial charge on any atom is -0.489 e. The van der Waals surface area contributed by atoms with E-state index >= 15 is 0 Å². The second kappa shape index (κ2) is 8.10. The normalized spacial score (nSPS) is 15.5. The summed E-state index contributed by atoms with van der Waals surface area (Å²) in [6.45, 7) is 2.10. The van der Waals surface area contributed by atoms with Crippen LogP contribution in [0.3, 0.4) is 0 Å². The molecule has 0 bridgehead atoms. The SMILES string of the molecule is O=C(CCCn1cnnn1)N1CCC(Oc2ccccc2Cl)CC1. The van der Waals surface area contributed by atoms with Crippen LogP contribution >= 0.6 is 11.6 Å². The topological polar surface area (TPSA) is 73.1 Å². The first kappa shape index (κ1) is 16.7. The number of benzene rings is 1. The quantitative estimate of drug-likeness (QED) is 0.799. The molecule has 1 amide bonds. The standard InChI is InChI=1S/C16H20ClN5O2/c17-14-4-1-2-5-15(14)24-13-7-10-21(11-8-13)16(23)6-3-9-22-12-18-19-20-22/h1-2,4-5,12-13H,3,6-11H2. The number of carbonyl (C=O) groups excluding carboxylic acids is 1. The van der Waals surface area contributed by atoms with Gasteiger partial charge in [0.25, 0.3) is 0 Å². The Morgan fingerprint density at radius 1 is 1.29 bits per heavy atom. The first-order valence-corrected chi connectivity index (χ1v) is 8.50. The zero-order valence-corrected chi connectivity index (χ0v) is 14.1. The number of amides is 1. The lowest BCUT2D eigenvalue weighted by atomic mass is 10.1. The number of hydrogen-bond donors (Lipinski definition) is 0. The van der Waals surface area contributed by atoms with Crippen LogP contribution in [0.25, 0.3) is 0 Å². The highest BCUT2D eigenvalue weighted by atomic mass is 35.5. The number of nitrogens with zero attached hydrogens (tertiary/aromatic N) is 5. The van der Waals surface area contributed by atoms with Crippen LogP contribution in [0.1, 0.15) is 25.7 Å². The van der Waals surface area contributed by atoms with Crippen molar-refractivity contribution in [1.82, 2.24) is 25.1 Å². The van der Waals surface area contributed by atoms with E-state index in [-0.39, 0.29) is 12.0 Å². The predicted molar refractivity (Wildman–Crippen MR) is 88.7 cm³/mol. The second-order valence-corrected chi connectivity index (χ2v) is 6.21. The fourth-order valence-electron chi connectivity index (χ4n) is 2.78. The molecule has 2 heterocycles. The summed E-state index contributed by atoms with van der Waals surface area (Å²) in [5.74, 6) is 0.893. The molecule has 0 unspecified atom stereocenters. The van der Waals surface area contributed by atoms with Crippen LogP contribution in [0.2, 0.25) is 5.02 Å². The van der Waals surface area contributed by atoms with Crippen molar-refractivity contribution in [2.75, 3.05) is 13.1 Å². The molecule has 1 aliphatic rings. The summed E-state index contributed by atoms with van der Waals surface area (Å²) >= 11 is 6.12. The maximum absolute atomic E-state index is 12.2. The first-order chi connectivity index (χ1) is 11.7. The third-order valence-corrected chi connectivity index (χ3v) is 4.41. The number of ether oxygens (including phenoxy) is 1. The number of piperidine rings is 1. The molecule has 1 aromatic carbocycles. The fraction of sp³-hybridized carbons (Fsp3) is 0.500. The Kier molecular flexibility index (Phi) is 5.63. The molecular formula is C16H20ClN5O2. The molecule has 1 aromatic heterocycles. The number of carbonyl (C=O) groups is 1. The number of rotatable bonds is 6. The highest BCUT2D eigenvalue weighted by molar-refractivity contribution is 6.32. The van der Waals surface area contributed by atoms with Gasteiger partial charge in [-0.3, -0.25) is 4.79 Å². The summed E-state index contributed by atoms with van der Waals surface area (Å²) in [5, 5.41) is 11.6. The molecule has 3 rings (SSSR count). The maximum atomic E-state index is 12.2. The molecule has 0 atom stereocenters. The van der Waals surface area contributed by atoms with Gasteiger partial charge in [-0.15, -0.1) is 5.10 Å². The summed E-state index contributed by atoms with van der Waals surface area (Å²) in [7, 11) is 0. The molecule has 2 aromatic rings. The molecule has 0 N–H and O–H groups in total. The summed E-state index contributed by atoms with van der Waals surface area (Å²) < 4.78 is 7.58. The molecular weight excluding hydrogens is 330 g/mol. The smallest absolute Gasteiger partial charge is 0.222 e. The van der Waals surface area contributed by atoms with Gasteiger partial charge in [0.05, 0.1) is 5.02 Å². The zero-order chi connectivity index (χ0) is 16.8. The Balaban J connectivity index is 1.39. The van der Waals surface area contributed by atoms with Crippen molar-refractivity contribution in [3.05, 3.63) is 35.6 Å². The minimum absolute atomic E-state index is 0.107. The van der Waals surface area contributed by atoms with Gasteiger partial charge < -0.3 is 9.64 Å². The van der Waals surface area contributed by atoms with Crippen molar-refractivity contribution in [1.29, 1.82) is 0 Å². The van der Waals surface area contributed by atoms with Gasteiger partial charge >= 0.3 is 0 Å². The van der Waals surface area contributed by atoms with Crippen LogP contribution in [0.4, 0.5) is 0 Å². The number of tetrazole rings is 1. The molecule has 1 fully saturated rings. The van der Waals surface area contributed by atoms with E-state index in [9.17, 15) is 4.79 Å². The molecule has 7 nitrogen and oxygen atoms in total. The number of aryl methyl sites for hydroxylation is 1. The van der Waals surface area contributed by atoms with Gasteiger partial charge in [0, 0.05) is 38.9 Å². The Labute approximate surface area is 145 Å². The summed E-state index contributed by atoms with van der Waals surface area (Å²) in [6, 6.07) is 7.48. The summed E-state index contributed by atoms with van der Waals surface area (Å²) in [5.41, 5.74) is 0. The highest BCUT2D eigenvalue weighted by Gasteiger charge is 2.24.